The Bertz CT molecular complexity index is 614. The second-order valence-electron chi connectivity index (χ2n) is 5.67. The molecule has 0 bridgehead atoms. The molecule has 0 aliphatic carbocycles. The van der Waals surface area contributed by atoms with Gasteiger partial charge in [0.1, 0.15) is 5.75 Å². The Balaban J connectivity index is 2.39. The summed E-state index contributed by atoms with van der Waals surface area (Å²) in [6.45, 7) is 4.29. The first kappa shape index (κ1) is 19.4. The predicted molar refractivity (Wildman–Crippen MR) is 91.0 cm³/mol. The van der Waals surface area contributed by atoms with Gasteiger partial charge in [-0.2, -0.15) is 4.31 Å². The van der Waals surface area contributed by atoms with Crippen molar-refractivity contribution in [1.29, 1.82) is 0 Å². The molecule has 1 aromatic carbocycles. The van der Waals surface area contributed by atoms with Crippen molar-refractivity contribution >= 4 is 15.9 Å². The molecule has 7 heteroatoms. The first-order valence-electron chi connectivity index (χ1n) is 7.60. The van der Waals surface area contributed by atoms with Crippen molar-refractivity contribution in [3.8, 4) is 5.75 Å². The van der Waals surface area contributed by atoms with Crippen LogP contribution in [0, 0.1) is 0 Å². The number of carbonyl (C=O) groups is 1. The van der Waals surface area contributed by atoms with Gasteiger partial charge in [-0.1, -0.05) is 12.1 Å². The lowest BCUT2D eigenvalue weighted by Crippen LogP contribution is -2.39. The molecule has 0 unspecified atom stereocenters. The van der Waals surface area contributed by atoms with Crippen LogP contribution in [0.15, 0.2) is 24.3 Å². The van der Waals surface area contributed by atoms with Crippen LogP contribution >= 0.6 is 0 Å². The summed E-state index contributed by atoms with van der Waals surface area (Å²) in [5.74, 6) is 0.636. The quantitative estimate of drug-likeness (QED) is 0.736. The molecule has 1 N–H and O–H groups in total. The minimum atomic E-state index is -3.29. The van der Waals surface area contributed by atoms with E-state index >= 15 is 0 Å². The molecule has 0 saturated heterocycles. The Morgan fingerprint density at radius 1 is 1.35 bits per heavy atom. The molecule has 0 radical (unpaired) electrons. The van der Waals surface area contributed by atoms with Crippen molar-refractivity contribution < 1.29 is 17.9 Å². The molecule has 0 heterocycles. The third-order valence-corrected chi connectivity index (χ3v) is 4.89. The van der Waals surface area contributed by atoms with Gasteiger partial charge < -0.3 is 10.1 Å². The van der Waals surface area contributed by atoms with Crippen LogP contribution in [0.5, 0.6) is 5.75 Å². The molecule has 23 heavy (non-hydrogen) atoms. The molecule has 0 atom stereocenters. The summed E-state index contributed by atoms with van der Waals surface area (Å²) >= 11 is 0. The van der Waals surface area contributed by atoms with Gasteiger partial charge in [-0.15, -0.1) is 0 Å². The zero-order chi connectivity index (χ0) is 17.5. The number of nitrogens with zero attached hydrogens (tertiary/aromatic N) is 1. The van der Waals surface area contributed by atoms with Gasteiger partial charge in [0.2, 0.25) is 15.9 Å². The highest BCUT2D eigenvalue weighted by Gasteiger charge is 2.20. The van der Waals surface area contributed by atoms with Crippen LogP contribution in [0.25, 0.3) is 0 Å². The number of hydrogen-bond donors (Lipinski definition) is 1. The van der Waals surface area contributed by atoms with Crippen LogP contribution in [0.1, 0.15) is 25.8 Å². The number of carbonyl (C=O) groups excluding carboxylic acids is 1. The van der Waals surface area contributed by atoms with E-state index in [1.54, 1.807) is 21.0 Å². The van der Waals surface area contributed by atoms with Crippen LogP contribution < -0.4 is 10.1 Å². The molecule has 0 aliphatic rings. The lowest BCUT2D eigenvalue weighted by atomic mass is 10.1. The van der Waals surface area contributed by atoms with Gasteiger partial charge in [0.05, 0.1) is 13.4 Å². The molecular formula is C16H26N2O4S. The van der Waals surface area contributed by atoms with Crippen LogP contribution in [0.4, 0.5) is 0 Å². The van der Waals surface area contributed by atoms with Gasteiger partial charge in [-0.05, 0) is 38.0 Å². The number of amides is 1. The number of ether oxygens (including phenoxy) is 1. The van der Waals surface area contributed by atoms with E-state index in [2.05, 4.69) is 5.32 Å². The van der Waals surface area contributed by atoms with E-state index in [-0.39, 0.29) is 24.9 Å². The maximum Gasteiger partial charge on any atom is 0.221 e. The zero-order valence-electron chi connectivity index (χ0n) is 14.2. The monoisotopic (exact) mass is 342 g/mol. The van der Waals surface area contributed by atoms with E-state index in [9.17, 15) is 13.2 Å². The molecule has 130 valence electrons. The lowest BCUT2D eigenvalue weighted by Gasteiger charge is -2.23. The Hall–Kier alpha value is -1.60. The van der Waals surface area contributed by atoms with Crippen molar-refractivity contribution in [3.05, 3.63) is 29.8 Å². The van der Waals surface area contributed by atoms with E-state index in [0.29, 0.717) is 13.0 Å². The fourth-order valence-corrected chi connectivity index (χ4v) is 3.47. The van der Waals surface area contributed by atoms with Gasteiger partial charge >= 0.3 is 0 Å². The number of benzene rings is 1. The van der Waals surface area contributed by atoms with Crippen molar-refractivity contribution in [2.24, 2.45) is 0 Å². The summed E-state index contributed by atoms with van der Waals surface area (Å²) in [6.07, 6.45) is 2.01. The van der Waals surface area contributed by atoms with Gasteiger partial charge in [0.25, 0.3) is 0 Å². The summed E-state index contributed by atoms with van der Waals surface area (Å²) in [4.78, 5) is 11.9. The number of rotatable bonds is 9. The molecule has 6 nitrogen and oxygen atoms in total. The Labute approximate surface area is 138 Å². The van der Waals surface area contributed by atoms with Crippen molar-refractivity contribution in [2.75, 3.05) is 26.5 Å². The highest BCUT2D eigenvalue weighted by atomic mass is 32.2. The highest BCUT2D eigenvalue weighted by molar-refractivity contribution is 7.88. The molecule has 0 fully saturated rings. The standard InChI is InChI=1S/C16H26N2O4S/c1-13(2)18(23(4,20)21)11-9-16(19)17-10-8-14-6-5-7-15(12-14)22-3/h5-7,12-13H,8-11H2,1-4H3,(H,17,19). The third kappa shape index (κ3) is 7.00. The number of sulfonamides is 1. The predicted octanol–water partition coefficient (Wildman–Crippen LogP) is 1.41. The van der Waals surface area contributed by atoms with Crippen LogP contribution in [0.2, 0.25) is 0 Å². The molecular weight excluding hydrogens is 316 g/mol. The first-order chi connectivity index (χ1) is 10.7. The summed E-state index contributed by atoms with van der Waals surface area (Å²) < 4.78 is 29.7. The maximum atomic E-state index is 11.9. The highest BCUT2D eigenvalue weighted by Crippen LogP contribution is 2.12. The van der Waals surface area contributed by atoms with E-state index < -0.39 is 10.0 Å². The Morgan fingerprint density at radius 2 is 2.04 bits per heavy atom. The van der Waals surface area contributed by atoms with Gasteiger partial charge in [-0.3, -0.25) is 4.79 Å². The molecule has 1 aromatic rings. The van der Waals surface area contributed by atoms with E-state index in [4.69, 9.17) is 4.74 Å². The zero-order valence-corrected chi connectivity index (χ0v) is 15.0. The van der Waals surface area contributed by atoms with Crippen molar-refractivity contribution in [2.45, 2.75) is 32.7 Å². The van der Waals surface area contributed by atoms with Crippen molar-refractivity contribution in [3.63, 3.8) is 0 Å². The number of methoxy groups -OCH3 is 1. The smallest absolute Gasteiger partial charge is 0.221 e. The molecule has 0 spiro atoms. The minimum Gasteiger partial charge on any atom is -0.497 e. The van der Waals surface area contributed by atoms with Crippen molar-refractivity contribution in [1.82, 2.24) is 9.62 Å². The second-order valence-corrected chi connectivity index (χ2v) is 7.60. The summed E-state index contributed by atoms with van der Waals surface area (Å²) in [5, 5.41) is 2.81. The van der Waals surface area contributed by atoms with E-state index in [1.165, 1.54) is 4.31 Å². The topological polar surface area (TPSA) is 75.7 Å². The number of hydrogen-bond acceptors (Lipinski definition) is 4. The number of nitrogens with one attached hydrogen (secondary N) is 1. The van der Waals surface area contributed by atoms with Crippen LogP contribution in [-0.4, -0.2) is 51.1 Å². The Morgan fingerprint density at radius 3 is 2.61 bits per heavy atom. The van der Waals surface area contributed by atoms with E-state index in [1.807, 2.05) is 24.3 Å². The largest absolute Gasteiger partial charge is 0.497 e. The average Bonchev–Trinajstić information content (AvgIpc) is 2.46. The molecule has 0 aromatic heterocycles. The van der Waals surface area contributed by atoms with Crippen LogP contribution in [0.3, 0.4) is 0 Å². The summed E-state index contributed by atoms with van der Waals surface area (Å²) in [5.41, 5.74) is 1.07. The molecule has 0 saturated carbocycles. The minimum absolute atomic E-state index is 0.151. The summed E-state index contributed by atoms with van der Waals surface area (Å²) in [7, 11) is -1.68. The lowest BCUT2D eigenvalue weighted by molar-refractivity contribution is -0.121. The van der Waals surface area contributed by atoms with E-state index in [0.717, 1.165) is 17.6 Å². The first-order valence-corrected chi connectivity index (χ1v) is 9.45. The third-order valence-electron chi connectivity index (χ3n) is 3.43. The molecule has 0 aliphatic heterocycles. The molecule has 1 amide bonds. The maximum absolute atomic E-state index is 11.9. The molecule has 1 rings (SSSR count). The van der Waals surface area contributed by atoms with Gasteiger partial charge in [0, 0.05) is 25.6 Å². The second kappa shape index (κ2) is 8.88. The summed E-state index contributed by atoms with van der Waals surface area (Å²) in [6, 6.07) is 7.51. The normalized spacial score (nSPS) is 11.7. The SMILES string of the molecule is COc1cccc(CCNC(=O)CCN(C(C)C)S(C)(=O)=O)c1. The fraction of sp³-hybridized carbons (Fsp3) is 0.562. The van der Waals surface area contributed by atoms with Crippen LogP contribution in [-0.2, 0) is 21.2 Å². The Kier molecular flexibility index (Phi) is 7.51. The van der Waals surface area contributed by atoms with Gasteiger partial charge in [0.15, 0.2) is 0 Å². The fourth-order valence-electron chi connectivity index (χ4n) is 2.28. The van der Waals surface area contributed by atoms with Gasteiger partial charge in [-0.25, -0.2) is 8.42 Å². The average molecular weight is 342 g/mol.